The topological polar surface area (TPSA) is 24.5 Å². The molecule has 120 valence electrons. The van der Waals surface area contributed by atoms with Crippen LogP contribution in [-0.4, -0.2) is 45.3 Å². The molecule has 0 radical (unpaired) electrons. The highest BCUT2D eigenvalue weighted by Gasteiger charge is 2.13. The molecule has 1 rings (SSSR count). The van der Waals surface area contributed by atoms with Gasteiger partial charge in [0.1, 0.15) is 0 Å². The number of ether oxygens (including phenoxy) is 1. The van der Waals surface area contributed by atoms with Gasteiger partial charge in [0.15, 0.2) is 0 Å². The molecule has 0 bridgehead atoms. The van der Waals surface area contributed by atoms with Crippen molar-refractivity contribution in [1.82, 2.24) is 10.2 Å². The van der Waals surface area contributed by atoms with E-state index in [0.717, 1.165) is 32.7 Å². The monoisotopic (exact) mass is 292 g/mol. The van der Waals surface area contributed by atoms with E-state index in [2.05, 4.69) is 62.3 Å². The van der Waals surface area contributed by atoms with Crippen LogP contribution >= 0.6 is 0 Å². The van der Waals surface area contributed by atoms with Crippen LogP contribution in [0.1, 0.15) is 37.9 Å². The van der Waals surface area contributed by atoms with Crippen LogP contribution in [0.2, 0.25) is 0 Å². The van der Waals surface area contributed by atoms with E-state index in [4.69, 9.17) is 4.74 Å². The molecule has 0 saturated carbocycles. The first kappa shape index (κ1) is 18.1. The number of hydrogen-bond donors (Lipinski definition) is 1. The maximum Gasteiger partial charge on any atom is 0.0589 e. The van der Waals surface area contributed by atoms with E-state index in [1.165, 1.54) is 11.1 Å². The van der Waals surface area contributed by atoms with E-state index < -0.39 is 0 Å². The van der Waals surface area contributed by atoms with Gasteiger partial charge in [-0.15, -0.1) is 0 Å². The summed E-state index contributed by atoms with van der Waals surface area (Å²) in [5.74, 6) is 0.709. The standard InChI is InChI=1S/C18H32N2O/c1-6-19-18(14-20(4)11-12-21-5)17-9-7-16(8-10-17)13-15(2)3/h7-10,15,18-19H,6,11-14H2,1-5H3. The van der Waals surface area contributed by atoms with E-state index in [1.807, 2.05) is 0 Å². The molecule has 0 heterocycles. The molecule has 0 saturated heterocycles. The molecule has 3 nitrogen and oxygen atoms in total. The van der Waals surface area contributed by atoms with Gasteiger partial charge in [0.25, 0.3) is 0 Å². The predicted octanol–water partition coefficient (Wildman–Crippen LogP) is 3.11. The fraction of sp³-hybridized carbons (Fsp3) is 0.667. The maximum atomic E-state index is 5.15. The predicted molar refractivity (Wildman–Crippen MR) is 90.8 cm³/mol. The highest BCUT2D eigenvalue weighted by Crippen LogP contribution is 2.17. The van der Waals surface area contributed by atoms with Crippen LogP contribution in [0.15, 0.2) is 24.3 Å². The molecule has 0 fully saturated rings. The number of rotatable bonds is 10. The Hall–Kier alpha value is -0.900. The van der Waals surface area contributed by atoms with Gasteiger partial charge in [-0.1, -0.05) is 45.0 Å². The lowest BCUT2D eigenvalue weighted by atomic mass is 9.99. The van der Waals surface area contributed by atoms with Gasteiger partial charge in [-0.2, -0.15) is 0 Å². The molecule has 0 spiro atoms. The Labute approximate surface area is 130 Å². The molecule has 1 atom stereocenters. The zero-order valence-electron chi connectivity index (χ0n) is 14.4. The molecular weight excluding hydrogens is 260 g/mol. The van der Waals surface area contributed by atoms with E-state index in [1.54, 1.807) is 7.11 Å². The first-order valence-corrected chi connectivity index (χ1v) is 8.06. The van der Waals surface area contributed by atoms with Gasteiger partial charge < -0.3 is 15.0 Å². The smallest absolute Gasteiger partial charge is 0.0589 e. The van der Waals surface area contributed by atoms with Crippen molar-refractivity contribution in [2.45, 2.75) is 33.2 Å². The summed E-state index contributed by atoms with van der Waals surface area (Å²) in [5.41, 5.74) is 2.80. The molecule has 21 heavy (non-hydrogen) atoms. The lowest BCUT2D eigenvalue weighted by molar-refractivity contribution is 0.155. The Morgan fingerprint density at radius 1 is 1.19 bits per heavy atom. The highest BCUT2D eigenvalue weighted by atomic mass is 16.5. The van der Waals surface area contributed by atoms with Crippen molar-refractivity contribution < 1.29 is 4.74 Å². The van der Waals surface area contributed by atoms with Gasteiger partial charge in [0.05, 0.1) is 6.61 Å². The second kappa shape index (κ2) is 9.93. The fourth-order valence-corrected chi connectivity index (χ4v) is 2.54. The highest BCUT2D eigenvalue weighted by molar-refractivity contribution is 5.25. The number of nitrogens with one attached hydrogen (secondary N) is 1. The molecule has 0 aliphatic heterocycles. The largest absolute Gasteiger partial charge is 0.383 e. The molecule has 0 aliphatic carbocycles. The van der Waals surface area contributed by atoms with Crippen LogP contribution in [0.3, 0.4) is 0 Å². The molecule has 0 amide bonds. The first-order valence-electron chi connectivity index (χ1n) is 8.06. The average molecular weight is 292 g/mol. The molecule has 1 N–H and O–H groups in total. The lowest BCUT2D eigenvalue weighted by Crippen LogP contribution is -2.34. The van der Waals surface area contributed by atoms with Gasteiger partial charge in [0, 0.05) is 26.2 Å². The number of hydrogen-bond acceptors (Lipinski definition) is 3. The zero-order valence-corrected chi connectivity index (χ0v) is 14.4. The summed E-state index contributed by atoms with van der Waals surface area (Å²) in [6, 6.07) is 9.47. The van der Waals surface area contributed by atoms with Crippen LogP contribution in [-0.2, 0) is 11.2 Å². The number of likely N-dealkylation sites (N-methyl/N-ethyl adjacent to an activating group) is 2. The summed E-state index contributed by atoms with van der Waals surface area (Å²) < 4.78 is 5.15. The molecule has 0 aliphatic rings. The Bertz CT molecular complexity index is 375. The summed E-state index contributed by atoms with van der Waals surface area (Å²) in [7, 11) is 3.90. The maximum absolute atomic E-state index is 5.15. The Balaban J connectivity index is 2.66. The van der Waals surface area contributed by atoms with E-state index >= 15 is 0 Å². The van der Waals surface area contributed by atoms with Crippen molar-refractivity contribution in [3.05, 3.63) is 35.4 Å². The summed E-state index contributed by atoms with van der Waals surface area (Å²) in [5, 5.41) is 3.58. The first-order chi connectivity index (χ1) is 10.1. The van der Waals surface area contributed by atoms with E-state index in [9.17, 15) is 0 Å². The fourth-order valence-electron chi connectivity index (χ4n) is 2.54. The van der Waals surface area contributed by atoms with Crippen LogP contribution in [0.5, 0.6) is 0 Å². The number of methoxy groups -OCH3 is 1. The third-order valence-corrected chi connectivity index (χ3v) is 3.65. The summed E-state index contributed by atoms with van der Waals surface area (Å²) >= 11 is 0. The van der Waals surface area contributed by atoms with Crippen molar-refractivity contribution in [2.24, 2.45) is 5.92 Å². The molecular formula is C18H32N2O. The van der Waals surface area contributed by atoms with Crippen molar-refractivity contribution in [3.63, 3.8) is 0 Å². The lowest BCUT2D eigenvalue weighted by Gasteiger charge is -2.25. The third kappa shape index (κ3) is 7.07. The van der Waals surface area contributed by atoms with Crippen LogP contribution < -0.4 is 5.32 Å². The Morgan fingerprint density at radius 3 is 2.38 bits per heavy atom. The number of benzene rings is 1. The van der Waals surface area contributed by atoms with Crippen LogP contribution in [0.25, 0.3) is 0 Å². The molecule has 1 aromatic carbocycles. The van der Waals surface area contributed by atoms with Gasteiger partial charge in [-0.25, -0.2) is 0 Å². The van der Waals surface area contributed by atoms with Crippen molar-refractivity contribution in [1.29, 1.82) is 0 Å². The third-order valence-electron chi connectivity index (χ3n) is 3.65. The van der Waals surface area contributed by atoms with Crippen molar-refractivity contribution >= 4 is 0 Å². The van der Waals surface area contributed by atoms with Crippen LogP contribution in [0, 0.1) is 5.92 Å². The zero-order chi connectivity index (χ0) is 15.7. The second-order valence-corrected chi connectivity index (χ2v) is 6.20. The quantitative estimate of drug-likeness (QED) is 0.717. The number of nitrogens with zero attached hydrogens (tertiary/aromatic N) is 1. The minimum Gasteiger partial charge on any atom is -0.383 e. The van der Waals surface area contributed by atoms with Crippen molar-refractivity contribution in [3.8, 4) is 0 Å². The summed E-state index contributed by atoms with van der Waals surface area (Å²) in [4.78, 5) is 2.32. The molecule has 3 heteroatoms. The minimum atomic E-state index is 0.380. The average Bonchev–Trinajstić information content (AvgIpc) is 2.45. The van der Waals surface area contributed by atoms with Gasteiger partial charge in [-0.05, 0) is 37.1 Å². The van der Waals surface area contributed by atoms with E-state index in [-0.39, 0.29) is 0 Å². The summed E-state index contributed by atoms with van der Waals surface area (Å²) in [6.45, 7) is 10.4. The Morgan fingerprint density at radius 2 is 1.86 bits per heavy atom. The molecule has 0 aromatic heterocycles. The van der Waals surface area contributed by atoms with Gasteiger partial charge >= 0.3 is 0 Å². The normalized spacial score (nSPS) is 13.1. The SMILES string of the molecule is CCNC(CN(C)CCOC)c1ccc(CC(C)C)cc1. The molecule has 1 aromatic rings. The minimum absolute atomic E-state index is 0.380. The van der Waals surface area contributed by atoms with Crippen LogP contribution in [0.4, 0.5) is 0 Å². The van der Waals surface area contributed by atoms with Gasteiger partial charge in [-0.3, -0.25) is 0 Å². The van der Waals surface area contributed by atoms with Gasteiger partial charge in [0.2, 0.25) is 0 Å². The Kier molecular flexibility index (Phi) is 8.58. The molecule has 1 unspecified atom stereocenters. The summed E-state index contributed by atoms with van der Waals surface area (Å²) in [6.07, 6.45) is 1.15. The van der Waals surface area contributed by atoms with E-state index in [0.29, 0.717) is 12.0 Å². The second-order valence-electron chi connectivity index (χ2n) is 6.20. The van der Waals surface area contributed by atoms with Crippen molar-refractivity contribution in [2.75, 3.05) is 40.4 Å².